The lowest BCUT2D eigenvalue weighted by atomic mass is 9.95. The van der Waals surface area contributed by atoms with Crippen LogP contribution in [-0.2, 0) is 13.6 Å². The van der Waals surface area contributed by atoms with E-state index in [-0.39, 0.29) is 0 Å². The van der Waals surface area contributed by atoms with Crippen LogP contribution in [-0.4, -0.2) is 44.3 Å². The number of unbranched alkanes of at least 4 members (excludes halogenated alkanes) is 14. The summed E-state index contributed by atoms with van der Waals surface area (Å²) in [4.78, 5) is 2.36. The quantitative estimate of drug-likeness (QED) is 0.0576. The van der Waals surface area contributed by atoms with Crippen molar-refractivity contribution in [3.63, 3.8) is 0 Å². The van der Waals surface area contributed by atoms with Crippen molar-refractivity contribution in [1.82, 2.24) is 9.99 Å². The molecule has 2 unspecified atom stereocenters. The van der Waals surface area contributed by atoms with Crippen LogP contribution in [0.5, 0.6) is 0 Å². The Morgan fingerprint density at radius 2 is 0.857 bits per heavy atom. The van der Waals surface area contributed by atoms with E-state index < -0.39 is 7.75 Å². The van der Waals surface area contributed by atoms with E-state index in [0.29, 0.717) is 31.6 Å². The smallest absolute Gasteiger partial charge is 0.303 e. The number of rotatable bonds is 34. The molecule has 0 aromatic carbocycles. The third-order valence-electron chi connectivity index (χ3n) is 8.95. The molecule has 0 saturated carbocycles. The molecule has 6 heteroatoms. The Balaban J connectivity index is 5.23. The fraction of sp³-hybridized carbons (Fsp3) is 1.00. The van der Waals surface area contributed by atoms with E-state index in [4.69, 9.17) is 9.05 Å². The minimum atomic E-state index is -3.37. The van der Waals surface area contributed by atoms with E-state index in [1.165, 1.54) is 141 Å². The summed E-state index contributed by atoms with van der Waals surface area (Å²) in [6.45, 7) is 18.0. The molecule has 0 aliphatic carbocycles. The van der Waals surface area contributed by atoms with Gasteiger partial charge in [0.2, 0.25) is 0 Å². The Morgan fingerprint density at radius 1 is 0.524 bits per heavy atom. The summed E-state index contributed by atoms with van der Waals surface area (Å²) in [6, 6.07) is 0. The normalized spacial score (nSPS) is 14.8. The zero-order valence-electron chi connectivity index (χ0n) is 29.6. The molecule has 42 heavy (non-hydrogen) atoms. The van der Waals surface area contributed by atoms with Crippen molar-refractivity contribution in [3.05, 3.63) is 0 Å². The van der Waals surface area contributed by atoms with E-state index >= 15 is 0 Å². The molecule has 0 bridgehead atoms. The number of nitrogens with zero attached hydrogens (tertiary/aromatic N) is 1. The predicted molar refractivity (Wildman–Crippen MR) is 187 cm³/mol. The maximum atomic E-state index is 14.2. The minimum absolute atomic E-state index is 0.465. The average Bonchev–Trinajstić information content (AvgIpc) is 3.00. The van der Waals surface area contributed by atoms with E-state index in [1.54, 1.807) is 0 Å². The predicted octanol–water partition coefficient (Wildman–Crippen LogP) is 12.0. The molecule has 0 aromatic heterocycles. The van der Waals surface area contributed by atoms with Crippen molar-refractivity contribution in [3.8, 4) is 0 Å². The van der Waals surface area contributed by atoms with Crippen molar-refractivity contribution in [2.24, 2.45) is 11.8 Å². The molecule has 0 aliphatic heterocycles. The van der Waals surface area contributed by atoms with Gasteiger partial charge in [-0.05, 0) is 50.6 Å². The molecule has 0 rings (SSSR count). The third-order valence-corrected chi connectivity index (χ3v) is 10.5. The van der Waals surface area contributed by atoms with Gasteiger partial charge in [0, 0.05) is 13.1 Å². The van der Waals surface area contributed by atoms with Crippen LogP contribution in [0.2, 0.25) is 0 Å². The first-order valence-corrected chi connectivity index (χ1v) is 20.4. The topological polar surface area (TPSA) is 50.8 Å². The Kier molecular flexibility index (Phi) is 31.1. The van der Waals surface area contributed by atoms with Crippen LogP contribution in [0.25, 0.3) is 0 Å². The molecule has 0 saturated heterocycles. The fourth-order valence-corrected chi connectivity index (χ4v) is 7.28. The van der Waals surface area contributed by atoms with Crippen LogP contribution in [0.1, 0.15) is 183 Å². The van der Waals surface area contributed by atoms with Gasteiger partial charge in [0.25, 0.3) is 0 Å². The highest BCUT2D eigenvalue weighted by atomic mass is 31.2. The zero-order chi connectivity index (χ0) is 31.2. The maximum absolute atomic E-state index is 14.2. The summed E-state index contributed by atoms with van der Waals surface area (Å²) in [5, 5.41) is 3.29. The minimum Gasteiger partial charge on any atom is -0.303 e. The second-order valence-corrected chi connectivity index (χ2v) is 14.7. The first kappa shape index (κ1) is 42.1. The lowest BCUT2D eigenvalue weighted by Crippen LogP contribution is -2.32. The van der Waals surface area contributed by atoms with Crippen LogP contribution in [0.4, 0.5) is 0 Å². The highest BCUT2D eigenvalue weighted by molar-refractivity contribution is 7.51. The van der Waals surface area contributed by atoms with Crippen LogP contribution in [0, 0.1) is 11.8 Å². The van der Waals surface area contributed by atoms with Gasteiger partial charge < -0.3 is 4.90 Å². The third kappa shape index (κ3) is 25.4. The van der Waals surface area contributed by atoms with E-state index in [1.807, 2.05) is 0 Å². The summed E-state index contributed by atoms with van der Waals surface area (Å²) >= 11 is 0. The molecule has 2 atom stereocenters. The monoisotopic (exact) mass is 617 g/mol. The Bertz CT molecular complexity index is 550. The fourth-order valence-electron chi connectivity index (χ4n) is 5.84. The van der Waals surface area contributed by atoms with Crippen LogP contribution in [0.3, 0.4) is 0 Å². The van der Waals surface area contributed by atoms with E-state index in [2.05, 4.69) is 51.5 Å². The van der Waals surface area contributed by atoms with Crippen molar-refractivity contribution in [1.29, 1.82) is 0 Å². The summed E-state index contributed by atoms with van der Waals surface area (Å²) in [5.41, 5.74) is 0. The Hall–Kier alpha value is 0.0700. The highest BCUT2D eigenvalue weighted by Gasteiger charge is 2.27. The number of nitrogens with one attached hydrogen (secondary N) is 1. The summed E-state index contributed by atoms with van der Waals surface area (Å²) in [7, 11) is -3.37. The van der Waals surface area contributed by atoms with Gasteiger partial charge in [0.15, 0.2) is 0 Å². The first-order valence-electron chi connectivity index (χ1n) is 18.8. The lowest BCUT2D eigenvalue weighted by Gasteiger charge is -2.26. The molecule has 0 aliphatic rings. The zero-order valence-corrected chi connectivity index (χ0v) is 30.5. The summed E-state index contributed by atoms with van der Waals surface area (Å²) in [6.07, 6.45) is 27.9. The first-order chi connectivity index (χ1) is 20.5. The van der Waals surface area contributed by atoms with Crippen molar-refractivity contribution in [2.45, 2.75) is 183 Å². The van der Waals surface area contributed by atoms with Gasteiger partial charge in [-0.1, -0.05) is 157 Å². The van der Waals surface area contributed by atoms with Gasteiger partial charge in [-0.15, -0.1) is 0 Å². The van der Waals surface area contributed by atoms with E-state index in [0.717, 1.165) is 19.6 Å². The Labute approximate surface area is 265 Å². The van der Waals surface area contributed by atoms with Gasteiger partial charge in [-0.2, -0.15) is 0 Å². The summed E-state index contributed by atoms with van der Waals surface area (Å²) < 4.78 is 26.8. The second kappa shape index (κ2) is 31.1. The standard InChI is InChI=1S/C36H77N2O3P/c1-7-13-17-19-21-25-29-35(27-23-15-9-3)33-40-42(39,37-31-32-38(11-5)12-6)41-34-36(28-24-16-10-4)30-26-22-20-18-14-8-2/h35-36H,7-34H2,1-6H3,(H,37,39). The maximum Gasteiger partial charge on any atom is 0.405 e. The molecular weight excluding hydrogens is 539 g/mol. The molecule has 0 fully saturated rings. The molecule has 0 aromatic rings. The van der Waals surface area contributed by atoms with Crippen molar-refractivity contribution < 1.29 is 13.6 Å². The van der Waals surface area contributed by atoms with Crippen LogP contribution < -0.4 is 5.09 Å². The van der Waals surface area contributed by atoms with Gasteiger partial charge >= 0.3 is 7.75 Å². The second-order valence-electron chi connectivity index (χ2n) is 12.9. The molecule has 1 N–H and O–H groups in total. The van der Waals surface area contributed by atoms with Gasteiger partial charge in [-0.25, -0.2) is 9.65 Å². The average molecular weight is 617 g/mol. The van der Waals surface area contributed by atoms with Crippen LogP contribution >= 0.6 is 7.75 Å². The van der Waals surface area contributed by atoms with Crippen LogP contribution in [0.15, 0.2) is 0 Å². The van der Waals surface area contributed by atoms with Gasteiger partial charge in [0.05, 0.1) is 13.2 Å². The van der Waals surface area contributed by atoms with E-state index in [9.17, 15) is 4.57 Å². The molecule has 0 radical (unpaired) electrons. The largest absolute Gasteiger partial charge is 0.405 e. The molecule has 5 nitrogen and oxygen atoms in total. The van der Waals surface area contributed by atoms with Crippen molar-refractivity contribution in [2.75, 3.05) is 39.4 Å². The molecule has 0 spiro atoms. The molecule has 254 valence electrons. The highest BCUT2D eigenvalue weighted by Crippen LogP contribution is 2.45. The van der Waals surface area contributed by atoms with Gasteiger partial charge in [-0.3, -0.25) is 9.05 Å². The summed E-state index contributed by atoms with van der Waals surface area (Å²) in [5.74, 6) is 0.931. The Morgan fingerprint density at radius 3 is 1.24 bits per heavy atom. The lowest BCUT2D eigenvalue weighted by molar-refractivity contribution is 0.139. The van der Waals surface area contributed by atoms with Gasteiger partial charge in [0.1, 0.15) is 0 Å². The number of hydrogen-bond acceptors (Lipinski definition) is 4. The molecule has 0 amide bonds. The number of likely N-dealkylation sites (N-methyl/N-ethyl adjacent to an activating group) is 1. The molecular formula is C36H77N2O3P. The SMILES string of the molecule is CCCCCCCCC(CCCCC)COP(=O)(NCCN(CC)CC)OCC(CCCCC)CCCCCCCC. The van der Waals surface area contributed by atoms with Crippen molar-refractivity contribution >= 4 is 7.75 Å². The molecule has 0 heterocycles. The number of hydrogen-bond donors (Lipinski definition) is 1.